The van der Waals surface area contributed by atoms with E-state index >= 15 is 0 Å². The molecule has 0 aliphatic rings. The van der Waals surface area contributed by atoms with Crippen LogP contribution in [0.3, 0.4) is 0 Å². The summed E-state index contributed by atoms with van der Waals surface area (Å²) in [5.41, 5.74) is 0. The molecule has 9 heteroatoms. The van der Waals surface area contributed by atoms with Crippen molar-refractivity contribution in [1.82, 2.24) is 18.5 Å². The predicted octanol–water partition coefficient (Wildman–Crippen LogP) is -1.76. The molecule has 0 aliphatic carbocycles. The fraction of sp³-hybridized carbons (Fsp3) is 0. The van der Waals surface area contributed by atoms with Crippen molar-refractivity contribution in [3.8, 4) is 0 Å². The third kappa shape index (κ3) is 32.3. The van der Waals surface area contributed by atoms with Crippen LogP contribution in [0.15, 0.2) is 0 Å². The first kappa shape index (κ1) is 23.1. The maximum atomic E-state index is 8.94. The fourth-order valence-corrected chi connectivity index (χ4v) is 0. The van der Waals surface area contributed by atoms with E-state index < -0.39 is 7.82 Å². The number of quaternary nitrogens is 3. The molecule has 62 valence electrons. The third-order valence-corrected chi connectivity index (χ3v) is 0.274. The fourth-order valence-electron chi connectivity index (χ4n) is 0. The minimum atomic E-state index is -5.20. The highest BCUT2D eigenvalue weighted by atomic mass is 31.2. The second kappa shape index (κ2) is 7.95. The second-order valence-electron chi connectivity index (χ2n) is 0.522. The molecule has 0 spiro atoms. The van der Waals surface area contributed by atoms with Crippen LogP contribution in [0.1, 0.15) is 0 Å². The molecule has 12 N–H and O–H groups in total. The molecule has 0 heterocycles. The summed E-state index contributed by atoms with van der Waals surface area (Å²) in [7, 11) is -5.20. The zero-order chi connectivity index (χ0) is 5.21. The van der Waals surface area contributed by atoms with Gasteiger partial charge >= 0.3 is 0 Å². The van der Waals surface area contributed by atoms with Crippen LogP contribution in [0, 0.1) is 0 Å². The lowest BCUT2D eigenvalue weighted by Gasteiger charge is -2.31. The van der Waals surface area contributed by atoms with E-state index in [1.807, 2.05) is 0 Å². The van der Waals surface area contributed by atoms with E-state index in [1.165, 1.54) is 0 Å². The van der Waals surface area contributed by atoms with E-state index in [0.29, 0.717) is 0 Å². The smallest absolute Gasteiger partial charge is 0.0480 e. The van der Waals surface area contributed by atoms with Gasteiger partial charge < -0.3 is 42.7 Å². The molecule has 0 bridgehead atoms. The highest BCUT2D eigenvalue weighted by Crippen LogP contribution is 2.18. The number of phosphoric acid groups is 1. The summed E-state index contributed by atoms with van der Waals surface area (Å²) in [6, 6.07) is 0. The zero-order valence-electron chi connectivity index (χ0n) is 5.49. The van der Waals surface area contributed by atoms with Crippen molar-refractivity contribution in [3.05, 3.63) is 0 Å². The van der Waals surface area contributed by atoms with Gasteiger partial charge in [-0.2, -0.15) is 0 Å². The van der Waals surface area contributed by atoms with E-state index in [1.54, 1.807) is 0 Å². The Balaban J connectivity index is -0.0000000417. The summed E-state index contributed by atoms with van der Waals surface area (Å²) < 4.78 is 11.1. The van der Waals surface area contributed by atoms with Gasteiger partial charge in [-0.05, 0) is 0 Å². The molecule has 0 aromatic heterocycles. The van der Waals surface area contributed by atoms with Gasteiger partial charge in [-0.15, -0.1) is 0 Å². The molecule has 0 amide bonds. The quantitative estimate of drug-likeness (QED) is 0.233. The van der Waals surface area contributed by atoms with Crippen LogP contribution >= 0.6 is 7.82 Å². The first-order valence-corrected chi connectivity index (χ1v) is 2.36. The lowest BCUT2D eigenvalue weighted by Crippen LogP contribution is -2.21. The lowest BCUT2D eigenvalue weighted by molar-refractivity contribution is -0.663. The maximum Gasteiger partial charge on any atom is 0.0480 e. The maximum absolute atomic E-state index is 8.94. The van der Waals surface area contributed by atoms with Gasteiger partial charge in [-0.1, -0.05) is 0 Å². The van der Waals surface area contributed by atoms with E-state index in [-0.39, 0.29) is 18.5 Å². The van der Waals surface area contributed by atoms with Gasteiger partial charge in [-0.25, -0.2) is 0 Å². The van der Waals surface area contributed by atoms with Crippen molar-refractivity contribution in [3.63, 3.8) is 0 Å². The number of hydrogen-bond acceptors (Lipinski definition) is 5. The van der Waals surface area contributed by atoms with E-state index in [2.05, 4.69) is 4.67 Å². The Hall–Kier alpha value is -0.0500. The average Bonchev–Trinajstić information content (AvgIpc) is 1.35. The Morgan fingerprint density at radius 1 is 1.11 bits per heavy atom. The van der Waals surface area contributed by atoms with Crippen molar-refractivity contribution < 1.29 is 24.3 Å². The van der Waals surface area contributed by atoms with Crippen LogP contribution in [0.4, 0.5) is 0 Å². The first-order chi connectivity index (χ1) is 2.56. The lowest BCUT2D eigenvalue weighted by atomic mass is 14.0. The minimum Gasteiger partial charge on any atom is -0.790 e. The third-order valence-electron chi connectivity index (χ3n) is 0.0913. The summed E-state index contributed by atoms with van der Waals surface area (Å²) in [5.74, 6) is 0. The molecule has 0 aromatic carbocycles. The summed E-state index contributed by atoms with van der Waals surface area (Å²) in [6.45, 7) is 0. The first-order valence-electron chi connectivity index (χ1n) is 0.897. The van der Waals surface area contributed by atoms with Gasteiger partial charge in [0, 0.05) is 7.82 Å². The Morgan fingerprint density at radius 3 is 1.22 bits per heavy atom. The summed E-state index contributed by atoms with van der Waals surface area (Å²) in [4.78, 5) is 17.9. The molecule has 0 radical (unpaired) electrons. The van der Waals surface area contributed by atoms with Gasteiger partial charge in [0.1, 0.15) is 0 Å². The Labute approximate surface area is 51.8 Å². The average molecular weight is 165 g/mol. The van der Waals surface area contributed by atoms with Crippen molar-refractivity contribution in [2.24, 2.45) is 0 Å². The van der Waals surface area contributed by atoms with Crippen LogP contribution in [-0.4, -0.2) is 0 Å². The number of rotatable bonds is 1. The molecular weight excluding hydrogens is 153 g/mol. The largest absolute Gasteiger partial charge is 0.790 e. The highest BCUT2D eigenvalue weighted by molar-refractivity contribution is 7.42. The van der Waals surface area contributed by atoms with Gasteiger partial charge in [0.25, 0.3) is 0 Å². The molecule has 0 atom stereocenters. The summed E-state index contributed by atoms with van der Waals surface area (Å²) in [5, 5.41) is 8.56. The topological polar surface area (TPSA) is 205 Å². The monoisotopic (exact) mass is 165 g/mol. The minimum absolute atomic E-state index is 0. The summed E-state index contributed by atoms with van der Waals surface area (Å²) >= 11 is 0. The standard InChI is InChI=1S/3H3N.H3O5P/c;;;1-5-6(2,3)4/h3*1H3;1H,(H2,2,3,4). The van der Waals surface area contributed by atoms with Gasteiger partial charge in [0.2, 0.25) is 0 Å². The van der Waals surface area contributed by atoms with Gasteiger partial charge in [0.05, 0.1) is 0 Å². The Morgan fingerprint density at radius 2 is 1.22 bits per heavy atom. The van der Waals surface area contributed by atoms with Crippen molar-refractivity contribution in [2.45, 2.75) is 0 Å². The van der Waals surface area contributed by atoms with Crippen LogP contribution in [0.2, 0.25) is 0 Å². The molecule has 0 saturated heterocycles. The number of hydrogen-bond donors (Lipinski definition) is 3. The van der Waals surface area contributed by atoms with Crippen LogP contribution in [-0.2, 0) is 9.24 Å². The zero-order valence-corrected chi connectivity index (χ0v) is 6.38. The molecule has 8 nitrogen and oxygen atoms in total. The molecule has 0 aromatic rings. The Kier molecular flexibility index (Phi) is 20.4. The molecule has 0 rings (SSSR count). The molecular formula is H12N3O5P. The van der Waals surface area contributed by atoms with Crippen molar-refractivity contribution in [2.75, 3.05) is 0 Å². The van der Waals surface area contributed by atoms with E-state index in [0.717, 1.165) is 0 Å². The van der Waals surface area contributed by atoms with Gasteiger partial charge in [0.15, 0.2) is 0 Å². The van der Waals surface area contributed by atoms with Gasteiger partial charge in [-0.3, -0.25) is 0 Å². The van der Waals surface area contributed by atoms with Crippen molar-refractivity contribution >= 4 is 7.82 Å². The molecule has 0 aliphatic heterocycles. The van der Waals surface area contributed by atoms with E-state index in [9.17, 15) is 0 Å². The SMILES string of the molecule is O=P([O-])([O-])O[O-].[NH4+].[NH4+].[NH4+]. The molecule has 9 heavy (non-hydrogen) atoms. The second-order valence-corrected chi connectivity index (χ2v) is 1.57. The van der Waals surface area contributed by atoms with Crippen LogP contribution < -0.4 is 33.5 Å². The molecule has 0 saturated carbocycles. The molecule has 0 unspecified atom stereocenters. The Bertz CT molecular complexity index is 76.3. The highest BCUT2D eigenvalue weighted by Gasteiger charge is 1.69. The van der Waals surface area contributed by atoms with Crippen LogP contribution in [0.25, 0.3) is 0 Å². The van der Waals surface area contributed by atoms with Crippen molar-refractivity contribution in [1.29, 1.82) is 0 Å². The summed E-state index contributed by atoms with van der Waals surface area (Å²) in [6.07, 6.45) is 0. The normalized spacial score (nSPS) is 7.89. The van der Waals surface area contributed by atoms with E-state index in [4.69, 9.17) is 19.6 Å². The van der Waals surface area contributed by atoms with Crippen LogP contribution in [0.5, 0.6) is 0 Å². The predicted molar refractivity (Wildman–Crippen MR) is 26.6 cm³/mol. The molecule has 0 fully saturated rings.